The molecular weight excluding hydrogens is 201 g/mol. The van der Waals surface area contributed by atoms with E-state index in [0.717, 1.165) is 6.42 Å². The van der Waals surface area contributed by atoms with Gasteiger partial charge in [0.05, 0.1) is 11.2 Å². The van der Waals surface area contributed by atoms with Crippen LogP contribution in [0.4, 0.5) is 0 Å². The van der Waals surface area contributed by atoms with Gasteiger partial charge in [0, 0.05) is 6.42 Å². The van der Waals surface area contributed by atoms with E-state index in [0.29, 0.717) is 0 Å². The van der Waals surface area contributed by atoms with Crippen molar-refractivity contribution in [2.24, 2.45) is 5.41 Å². The zero-order chi connectivity index (χ0) is 12.8. The maximum Gasteiger partial charge on any atom is 0.521 e. The molecule has 3 nitrogen and oxygen atoms in total. The molecule has 1 aliphatic rings. The summed E-state index contributed by atoms with van der Waals surface area (Å²) in [6, 6.07) is 0. The van der Waals surface area contributed by atoms with Crippen LogP contribution in [0.3, 0.4) is 0 Å². The van der Waals surface area contributed by atoms with E-state index >= 15 is 0 Å². The molecular formula is C12H27BNO2+. The minimum absolute atomic E-state index is 0.177. The van der Waals surface area contributed by atoms with Crippen LogP contribution in [0, 0.1) is 5.41 Å². The Kier molecular flexibility index (Phi) is 3.50. The van der Waals surface area contributed by atoms with E-state index in [2.05, 4.69) is 54.2 Å². The zero-order valence-corrected chi connectivity index (χ0v) is 11.9. The van der Waals surface area contributed by atoms with Crippen molar-refractivity contribution in [2.45, 2.75) is 72.0 Å². The average molecular weight is 228 g/mol. The van der Waals surface area contributed by atoms with Gasteiger partial charge >= 0.3 is 7.12 Å². The van der Waals surface area contributed by atoms with Crippen LogP contribution in [-0.4, -0.2) is 24.3 Å². The van der Waals surface area contributed by atoms with Gasteiger partial charge in [0.2, 0.25) is 0 Å². The Bertz CT molecular complexity index is 242. The van der Waals surface area contributed by atoms with Gasteiger partial charge in [-0.15, -0.1) is 0 Å². The van der Waals surface area contributed by atoms with Gasteiger partial charge in [-0.3, -0.25) is 0 Å². The summed E-state index contributed by atoms with van der Waals surface area (Å²) in [7, 11) is -0.177. The summed E-state index contributed by atoms with van der Waals surface area (Å²) in [6.45, 7) is 15.0. The molecule has 0 radical (unpaired) electrons. The first kappa shape index (κ1) is 14.0. The highest BCUT2D eigenvalue weighted by Gasteiger charge is 2.54. The molecule has 4 heteroatoms. The van der Waals surface area contributed by atoms with E-state index in [4.69, 9.17) is 9.31 Å². The number of quaternary nitrogens is 1. The van der Waals surface area contributed by atoms with Crippen LogP contribution in [-0.2, 0) is 9.31 Å². The van der Waals surface area contributed by atoms with Crippen LogP contribution < -0.4 is 5.73 Å². The summed E-state index contributed by atoms with van der Waals surface area (Å²) in [5.41, 5.74) is 3.96. The first-order chi connectivity index (χ1) is 6.95. The van der Waals surface area contributed by atoms with Crippen LogP contribution in [0.1, 0.15) is 54.9 Å². The van der Waals surface area contributed by atoms with Crippen molar-refractivity contribution in [1.29, 1.82) is 0 Å². The SMILES string of the molecule is CC(C)(C)CC([NH3+])B1OC(C)(C)C(C)(C)O1. The van der Waals surface area contributed by atoms with Crippen LogP contribution in [0.25, 0.3) is 0 Å². The van der Waals surface area contributed by atoms with E-state index in [9.17, 15) is 0 Å². The van der Waals surface area contributed by atoms with Crippen molar-refractivity contribution in [3.63, 3.8) is 0 Å². The maximum absolute atomic E-state index is 5.99. The first-order valence-electron chi connectivity index (χ1n) is 6.13. The summed E-state index contributed by atoms with van der Waals surface area (Å²) < 4.78 is 12.0. The van der Waals surface area contributed by atoms with Crippen molar-refractivity contribution in [3.05, 3.63) is 0 Å². The molecule has 94 valence electrons. The summed E-state index contributed by atoms with van der Waals surface area (Å²) in [4.78, 5) is 0. The molecule has 1 fully saturated rings. The fraction of sp³-hybridized carbons (Fsp3) is 1.00. The van der Waals surface area contributed by atoms with E-state index < -0.39 is 0 Å². The summed E-state index contributed by atoms with van der Waals surface area (Å²) in [5, 5.41) is 0. The topological polar surface area (TPSA) is 46.1 Å². The molecule has 0 aliphatic carbocycles. The second-order valence-corrected chi connectivity index (χ2v) is 7.15. The lowest BCUT2D eigenvalue weighted by Gasteiger charge is -2.32. The Morgan fingerprint density at radius 2 is 1.44 bits per heavy atom. The monoisotopic (exact) mass is 228 g/mol. The first-order valence-corrected chi connectivity index (χ1v) is 6.13. The Hall–Kier alpha value is -0.0551. The summed E-state index contributed by atoms with van der Waals surface area (Å²) in [5.74, 6) is 0.182. The third kappa shape index (κ3) is 2.99. The molecule has 0 spiro atoms. The summed E-state index contributed by atoms with van der Waals surface area (Å²) in [6.07, 6.45) is 1.00. The van der Waals surface area contributed by atoms with E-state index in [1.54, 1.807) is 0 Å². The zero-order valence-electron chi connectivity index (χ0n) is 11.9. The largest absolute Gasteiger partial charge is 0.521 e. The van der Waals surface area contributed by atoms with Crippen LogP contribution in [0.5, 0.6) is 0 Å². The lowest BCUT2D eigenvalue weighted by Crippen LogP contribution is -2.69. The highest BCUT2D eigenvalue weighted by Crippen LogP contribution is 2.38. The highest BCUT2D eigenvalue weighted by atomic mass is 16.7. The van der Waals surface area contributed by atoms with Crippen LogP contribution >= 0.6 is 0 Å². The van der Waals surface area contributed by atoms with Crippen molar-refractivity contribution < 1.29 is 15.0 Å². The maximum atomic E-state index is 5.99. The molecule has 1 unspecified atom stereocenters. The number of hydrogen-bond donors (Lipinski definition) is 1. The number of rotatable bonds is 2. The highest BCUT2D eigenvalue weighted by molar-refractivity contribution is 6.46. The fourth-order valence-corrected chi connectivity index (χ4v) is 1.96. The van der Waals surface area contributed by atoms with Crippen LogP contribution in [0.2, 0.25) is 0 Å². The second kappa shape index (κ2) is 4.00. The second-order valence-electron chi connectivity index (χ2n) is 7.15. The van der Waals surface area contributed by atoms with E-state index in [-0.39, 0.29) is 29.7 Å². The Balaban J connectivity index is 2.66. The predicted molar refractivity (Wildman–Crippen MR) is 66.8 cm³/mol. The standard InChI is InChI=1S/C12H26BNO2/c1-10(2,3)8-9(14)13-15-11(4,5)12(6,7)16-13/h9H,8,14H2,1-7H3/p+1. The lowest BCUT2D eigenvalue weighted by molar-refractivity contribution is -0.402. The van der Waals surface area contributed by atoms with Gasteiger partial charge in [0.1, 0.15) is 5.94 Å². The van der Waals surface area contributed by atoms with E-state index in [1.807, 2.05) is 0 Å². The van der Waals surface area contributed by atoms with Gasteiger partial charge in [-0.1, -0.05) is 20.8 Å². The van der Waals surface area contributed by atoms with Gasteiger partial charge in [-0.05, 0) is 33.1 Å². The van der Waals surface area contributed by atoms with Gasteiger partial charge in [0.15, 0.2) is 0 Å². The molecule has 0 aromatic heterocycles. The van der Waals surface area contributed by atoms with Gasteiger partial charge in [0.25, 0.3) is 0 Å². The fourth-order valence-electron chi connectivity index (χ4n) is 1.96. The third-order valence-electron chi connectivity index (χ3n) is 3.53. The van der Waals surface area contributed by atoms with E-state index in [1.165, 1.54) is 0 Å². The van der Waals surface area contributed by atoms with Crippen LogP contribution in [0.15, 0.2) is 0 Å². The molecule has 3 N–H and O–H groups in total. The lowest BCUT2D eigenvalue weighted by atomic mass is 9.71. The smallest absolute Gasteiger partial charge is 0.399 e. The van der Waals surface area contributed by atoms with Gasteiger partial charge in [-0.25, -0.2) is 0 Å². The predicted octanol–water partition coefficient (Wildman–Crippen LogP) is 1.66. The van der Waals surface area contributed by atoms with Crippen molar-refractivity contribution in [2.75, 3.05) is 0 Å². The third-order valence-corrected chi connectivity index (χ3v) is 3.53. The molecule has 0 bridgehead atoms. The minimum Gasteiger partial charge on any atom is -0.399 e. The Labute approximate surface area is 100 Å². The number of hydrogen-bond acceptors (Lipinski definition) is 2. The Morgan fingerprint density at radius 3 is 1.75 bits per heavy atom. The summed E-state index contributed by atoms with van der Waals surface area (Å²) >= 11 is 0. The molecule has 0 amide bonds. The molecule has 0 aromatic rings. The molecule has 1 saturated heterocycles. The average Bonchev–Trinajstić information content (AvgIpc) is 2.17. The molecule has 0 aromatic carbocycles. The molecule has 1 aliphatic heterocycles. The van der Waals surface area contributed by atoms with Crippen molar-refractivity contribution in [3.8, 4) is 0 Å². The quantitative estimate of drug-likeness (QED) is 0.730. The molecule has 1 rings (SSSR count). The molecule has 16 heavy (non-hydrogen) atoms. The van der Waals surface area contributed by atoms with Gasteiger partial charge in [-0.2, -0.15) is 0 Å². The molecule has 1 atom stereocenters. The normalized spacial score (nSPS) is 25.9. The Morgan fingerprint density at radius 1 is 1.06 bits per heavy atom. The van der Waals surface area contributed by atoms with Crippen molar-refractivity contribution in [1.82, 2.24) is 0 Å². The molecule has 0 saturated carbocycles. The van der Waals surface area contributed by atoms with Crippen molar-refractivity contribution >= 4 is 7.12 Å². The molecule has 1 heterocycles. The van der Waals surface area contributed by atoms with Gasteiger partial charge < -0.3 is 15.0 Å². The minimum atomic E-state index is -0.245.